The third-order valence-electron chi connectivity index (χ3n) is 3.84. The molecule has 0 aromatic heterocycles. The molecule has 9 nitrogen and oxygen atoms in total. The van der Waals surface area contributed by atoms with E-state index in [1.54, 1.807) is 25.1 Å². The number of nitro groups is 1. The Bertz CT molecular complexity index is 929. The lowest BCUT2D eigenvalue weighted by atomic mass is 10.1. The zero-order chi connectivity index (χ0) is 20.7. The quantitative estimate of drug-likeness (QED) is 0.455. The van der Waals surface area contributed by atoms with Crippen LogP contribution in [-0.4, -0.2) is 33.1 Å². The van der Waals surface area contributed by atoms with Crippen molar-refractivity contribution in [1.82, 2.24) is 0 Å². The van der Waals surface area contributed by atoms with Crippen molar-refractivity contribution in [2.45, 2.75) is 25.2 Å². The molecule has 2 rings (SSSR count). The van der Waals surface area contributed by atoms with E-state index in [4.69, 9.17) is 14.6 Å². The topological polar surface area (TPSA) is 134 Å². The van der Waals surface area contributed by atoms with Gasteiger partial charge in [-0.15, -0.1) is 0 Å². The van der Waals surface area contributed by atoms with Crippen LogP contribution in [0.2, 0.25) is 0 Å². The summed E-state index contributed by atoms with van der Waals surface area (Å²) in [6, 6.07) is 9.06. The van der Waals surface area contributed by atoms with Crippen LogP contribution in [0.5, 0.6) is 11.5 Å². The maximum Gasteiger partial charge on any atom is 0.296 e. The predicted octanol–water partition coefficient (Wildman–Crippen LogP) is 2.69. The van der Waals surface area contributed by atoms with Crippen LogP contribution in [-0.2, 0) is 16.4 Å². The Hall–Kier alpha value is -2.85. The summed E-state index contributed by atoms with van der Waals surface area (Å²) >= 11 is 0. The number of rotatable bonds is 10. The second-order valence-electron chi connectivity index (χ2n) is 5.80. The van der Waals surface area contributed by atoms with E-state index in [0.717, 1.165) is 5.56 Å². The van der Waals surface area contributed by atoms with Crippen LogP contribution in [0.25, 0.3) is 0 Å². The summed E-state index contributed by atoms with van der Waals surface area (Å²) in [5, 5.41) is 19.5. The maximum atomic E-state index is 11.4. The van der Waals surface area contributed by atoms with Crippen LogP contribution in [0.4, 0.5) is 11.4 Å². The minimum atomic E-state index is -3.73. The second-order valence-corrected chi connectivity index (χ2v) is 7.37. The molecule has 0 bridgehead atoms. The number of primary sulfonamides is 1. The minimum absolute atomic E-state index is 0.0349. The minimum Gasteiger partial charge on any atom is -0.490 e. The number of nitrogens with two attached hydrogens (primary N) is 1. The molecule has 0 atom stereocenters. The Morgan fingerprint density at radius 3 is 2.14 bits per heavy atom. The van der Waals surface area contributed by atoms with Gasteiger partial charge in [0.1, 0.15) is 5.69 Å². The van der Waals surface area contributed by atoms with E-state index in [0.29, 0.717) is 43.4 Å². The number of benzene rings is 2. The molecular weight excluding hydrogens is 386 g/mol. The molecule has 0 radical (unpaired) electrons. The summed E-state index contributed by atoms with van der Waals surface area (Å²) < 4.78 is 33.5. The first-order valence-electron chi connectivity index (χ1n) is 8.69. The highest BCUT2D eigenvalue weighted by Gasteiger charge is 2.20. The van der Waals surface area contributed by atoms with Gasteiger partial charge in [0.2, 0.25) is 10.0 Å². The van der Waals surface area contributed by atoms with Crippen LogP contribution in [0.1, 0.15) is 19.4 Å². The summed E-state index contributed by atoms with van der Waals surface area (Å²) in [4.78, 5) is 11.0. The number of nitrogens with zero attached hydrogens (tertiary/aromatic N) is 1. The van der Waals surface area contributed by atoms with Gasteiger partial charge in [0.05, 0.1) is 29.1 Å². The highest BCUT2D eigenvalue weighted by atomic mass is 32.2. The van der Waals surface area contributed by atoms with E-state index in [-0.39, 0.29) is 10.6 Å². The van der Waals surface area contributed by atoms with E-state index in [2.05, 4.69) is 5.32 Å². The van der Waals surface area contributed by atoms with E-state index < -0.39 is 14.9 Å². The van der Waals surface area contributed by atoms with Crippen molar-refractivity contribution in [3.05, 3.63) is 52.1 Å². The zero-order valence-electron chi connectivity index (χ0n) is 15.7. The first kappa shape index (κ1) is 21.5. The summed E-state index contributed by atoms with van der Waals surface area (Å²) in [6.07, 6.45) is 0.527. The Morgan fingerprint density at radius 1 is 1.07 bits per heavy atom. The van der Waals surface area contributed by atoms with E-state index in [1.165, 1.54) is 18.2 Å². The molecule has 0 saturated carbocycles. The number of nitrogens with one attached hydrogen (secondary N) is 1. The van der Waals surface area contributed by atoms with Gasteiger partial charge in [-0.05, 0) is 38.0 Å². The van der Waals surface area contributed by atoms with Crippen molar-refractivity contribution < 1.29 is 22.8 Å². The van der Waals surface area contributed by atoms with E-state index in [9.17, 15) is 18.5 Å². The largest absolute Gasteiger partial charge is 0.490 e. The molecule has 0 aliphatic rings. The SMILES string of the molecule is CCOc1cc(NCCc2ccc(S(N)(=O)=O)cc2)c([N+](=O)[O-])cc1OCC. The van der Waals surface area contributed by atoms with Gasteiger partial charge in [-0.1, -0.05) is 12.1 Å². The third-order valence-corrected chi connectivity index (χ3v) is 4.77. The Labute approximate surface area is 163 Å². The maximum absolute atomic E-state index is 11.4. The first-order chi connectivity index (χ1) is 13.3. The first-order valence-corrected chi connectivity index (χ1v) is 10.2. The Kier molecular flexibility index (Phi) is 7.18. The van der Waals surface area contributed by atoms with Crippen molar-refractivity contribution in [3.8, 4) is 11.5 Å². The lowest BCUT2D eigenvalue weighted by molar-refractivity contribution is -0.384. The monoisotopic (exact) mass is 409 g/mol. The third kappa shape index (κ3) is 5.57. The standard InChI is InChI=1S/C18H23N3O6S/c1-3-26-17-11-15(16(21(22)23)12-18(17)27-4-2)20-10-9-13-5-7-14(8-6-13)28(19,24)25/h5-8,11-12,20H,3-4,9-10H2,1-2H3,(H2,19,24,25). The van der Waals surface area contributed by atoms with Gasteiger partial charge in [0.25, 0.3) is 5.69 Å². The van der Waals surface area contributed by atoms with Crippen molar-refractivity contribution in [2.24, 2.45) is 5.14 Å². The average Bonchev–Trinajstić information content (AvgIpc) is 2.63. The van der Waals surface area contributed by atoms with Crippen LogP contribution in [0.3, 0.4) is 0 Å². The molecule has 2 aromatic rings. The summed E-state index contributed by atoms with van der Waals surface area (Å²) in [7, 11) is -3.73. The summed E-state index contributed by atoms with van der Waals surface area (Å²) in [6.45, 7) is 4.76. The van der Waals surface area contributed by atoms with Crippen LogP contribution in [0.15, 0.2) is 41.3 Å². The summed E-state index contributed by atoms with van der Waals surface area (Å²) in [5.41, 5.74) is 1.06. The lowest BCUT2D eigenvalue weighted by Gasteiger charge is -2.14. The molecule has 0 heterocycles. The van der Waals surface area contributed by atoms with Crippen molar-refractivity contribution in [2.75, 3.05) is 25.1 Å². The normalized spacial score (nSPS) is 11.1. The summed E-state index contributed by atoms with van der Waals surface area (Å²) in [5.74, 6) is 0.745. The molecule has 10 heteroatoms. The van der Waals surface area contributed by atoms with Gasteiger partial charge < -0.3 is 14.8 Å². The smallest absolute Gasteiger partial charge is 0.296 e. The van der Waals surface area contributed by atoms with Crippen molar-refractivity contribution in [1.29, 1.82) is 0 Å². The number of anilines is 1. The zero-order valence-corrected chi connectivity index (χ0v) is 16.5. The van der Waals surface area contributed by atoms with Gasteiger partial charge in [-0.3, -0.25) is 10.1 Å². The van der Waals surface area contributed by atoms with Crippen molar-refractivity contribution in [3.63, 3.8) is 0 Å². The Morgan fingerprint density at radius 2 is 1.64 bits per heavy atom. The molecule has 28 heavy (non-hydrogen) atoms. The van der Waals surface area contributed by atoms with Gasteiger partial charge in [-0.2, -0.15) is 0 Å². The Balaban J connectivity index is 2.16. The van der Waals surface area contributed by atoms with Crippen LogP contribution in [0, 0.1) is 10.1 Å². The fraction of sp³-hybridized carbons (Fsp3) is 0.333. The molecule has 0 saturated heterocycles. The number of hydrogen-bond acceptors (Lipinski definition) is 7. The fourth-order valence-corrected chi connectivity index (χ4v) is 3.08. The van der Waals surface area contributed by atoms with Crippen LogP contribution < -0.4 is 19.9 Å². The van der Waals surface area contributed by atoms with Crippen LogP contribution >= 0.6 is 0 Å². The molecule has 152 valence electrons. The van der Waals surface area contributed by atoms with Gasteiger partial charge in [0.15, 0.2) is 11.5 Å². The number of ether oxygens (including phenoxy) is 2. The molecule has 0 fully saturated rings. The molecular formula is C18H23N3O6S. The predicted molar refractivity (Wildman–Crippen MR) is 105 cm³/mol. The number of sulfonamides is 1. The molecule has 0 spiro atoms. The highest BCUT2D eigenvalue weighted by molar-refractivity contribution is 7.89. The number of nitro benzene ring substituents is 1. The van der Waals surface area contributed by atoms with Gasteiger partial charge in [0, 0.05) is 12.6 Å². The lowest BCUT2D eigenvalue weighted by Crippen LogP contribution is -2.12. The fourth-order valence-electron chi connectivity index (χ4n) is 2.57. The van der Waals surface area contributed by atoms with Crippen molar-refractivity contribution >= 4 is 21.4 Å². The van der Waals surface area contributed by atoms with E-state index >= 15 is 0 Å². The molecule has 0 amide bonds. The molecule has 0 aliphatic carbocycles. The van der Waals surface area contributed by atoms with Gasteiger partial charge in [-0.25, -0.2) is 13.6 Å². The molecule has 0 aliphatic heterocycles. The highest BCUT2D eigenvalue weighted by Crippen LogP contribution is 2.38. The number of hydrogen-bond donors (Lipinski definition) is 2. The van der Waals surface area contributed by atoms with E-state index in [1.807, 2.05) is 6.92 Å². The average molecular weight is 409 g/mol. The molecule has 2 aromatic carbocycles. The second kappa shape index (κ2) is 9.38. The molecule has 3 N–H and O–H groups in total. The van der Waals surface area contributed by atoms with Gasteiger partial charge >= 0.3 is 0 Å². The molecule has 0 unspecified atom stereocenters.